The number of rotatable bonds is 3. The molecule has 1 saturated heterocycles. The van der Waals surface area contributed by atoms with E-state index in [4.69, 9.17) is 0 Å². The Labute approximate surface area is 139 Å². The molecule has 4 nitrogen and oxygen atoms in total. The van der Waals surface area contributed by atoms with Gasteiger partial charge < -0.3 is 4.98 Å². The van der Waals surface area contributed by atoms with Crippen molar-refractivity contribution in [2.75, 3.05) is 13.1 Å². The number of hydrogen-bond donors (Lipinski definition) is 1. The predicted octanol–water partition coefficient (Wildman–Crippen LogP) is 3.04. The molecule has 2 aromatic rings. The molecule has 1 N–H and O–H groups in total. The zero-order valence-corrected chi connectivity index (χ0v) is 13.9. The first kappa shape index (κ1) is 16.8. The van der Waals surface area contributed by atoms with Crippen molar-refractivity contribution >= 4 is 0 Å². The molecule has 2 heterocycles. The summed E-state index contributed by atoms with van der Waals surface area (Å²) >= 11 is 0. The van der Waals surface area contributed by atoms with E-state index in [1.807, 2.05) is 6.92 Å². The number of halogens is 2. The molecule has 24 heavy (non-hydrogen) atoms. The minimum Gasteiger partial charge on any atom is -0.310 e. The molecule has 0 unspecified atom stereocenters. The van der Waals surface area contributed by atoms with Gasteiger partial charge in [-0.25, -0.2) is 13.8 Å². The lowest BCUT2D eigenvalue weighted by Gasteiger charge is -2.32. The van der Waals surface area contributed by atoms with Gasteiger partial charge in [-0.3, -0.25) is 9.69 Å². The summed E-state index contributed by atoms with van der Waals surface area (Å²) in [7, 11) is 0. The van der Waals surface area contributed by atoms with Crippen LogP contribution < -0.4 is 5.56 Å². The van der Waals surface area contributed by atoms with Gasteiger partial charge >= 0.3 is 0 Å². The third-order valence-corrected chi connectivity index (χ3v) is 4.73. The zero-order chi connectivity index (χ0) is 17.3. The smallest absolute Gasteiger partial charge is 0.254 e. The van der Waals surface area contributed by atoms with Crippen LogP contribution >= 0.6 is 0 Å². The van der Waals surface area contributed by atoms with Crippen LogP contribution in [-0.2, 0) is 6.54 Å². The van der Waals surface area contributed by atoms with Gasteiger partial charge in [0.1, 0.15) is 5.82 Å². The number of nitrogens with zero attached hydrogens (tertiary/aromatic N) is 2. The van der Waals surface area contributed by atoms with Gasteiger partial charge in [-0.1, -0.05) is 12.1 Å². The molecule has 0 bridgehead atoms. The fourth-order valence-electron chi connectivity index (χ4n) is 3.19. The Hall–Kier alpha value is -2.08. The van der Waals surface area contributed by atoms with E-state index in [1.54, 1.807) is 13.0 Å². The van der Waals surface area contributed by atoms with Gasteiger partial charge in [-0.15, -0.1) is 0 Å². The fraction of sp³-hybridized carbons (Fsp3) is 0.444. The van der Waals surface area contributed by atoms with E-state index in [-0.39, 0.29) is 11.5 Å². The number of aryl methyl sites for hydroxylation is 1. The van der Waals surface area contributed by atoms with Gasteiger partial charge in [0, 0.05) is 35.8 Å². The third kappa shape index (κ3) is 3.38. The van der Waals surface area contributed by atoms with E-state index in [0.29, 0.717) is 30.0 Å². The van der Waals surface area contributed by atoms with E-state index >= 15 is 0 Å². The average Bonchev–Trinajstić information content (AvgIpc) is 2.57. The predicted molar refractivity (Wildman–Crippen MR) is 87.9 cm³/mol. The molecule has 1 aliphatic rings. The highest BCUT2D eigenvalue weighted by Crippen LogP contribution is 2.26. The van der Waals surface area contributed by atoms with Gasteiger partial charge in [0.25, 0.3) is 5.56 Å². The van der Waals surface area contributed by atoms with E-state index in [9.17, 15) is 13.6 Å². The molecule has 1 fully saturated rings. The summed E-state index contributed by atoms with van der Waals surface area (Å²) in [4.78, 5) is 21.4. The number of likely N-dealkylation sites (tertiary alicyclic amines) is 1. The Kier molecular flexibility index (Phi) is 4.76. The van der Waals surface area contributed by atoms with Crippen molar-refractivity contribution in [2.24, 2.45) is 0 Å². The number of nitrogens with one attached hydrogen (secondary N) is 1. The summed E-state index contributed by atoms with van der Waals surface area (Å²) in [5.74, 6) is -0.812. The van der Waals surface area contributed by atoms with Crippen LogP contribution in [0, 0.1) is 25.5 Å². The summed E-state index contributed by atoms with van der Waals surface area (Å²) in [5, 5.41) is 0. The minimum atomic E-state index is -0.818. The van der Waals surface area contributed by atoms with E-state index in [1.165, 1.54) is 6.07 Å². The van der Waals surface area contributed by atoms with E-state index < -0.39 is 11.6 Å². The second-order valence-electron chi connectivity index (χ2n) is 6.45. The molecule has 0 saturated carbocycles. The highest BCUT2D eigenvalue weighted by molar-refractivity contribution is 5.19. The zero-order valence-electron chi connectivity index (χ0n) is 13.9. The number of aromatic nitrogens is 2. The third-order valence-electron chi connectivity index (χ3n) is 4.73. The number of piperidine rings is 1. The Balaban J connectivity index is 1.77. The van der Waals surface area contributed by atoms with Crippen molar-refractivity contribution in [1.29, 1.82) is 0 Å². The average molecular weight is 333 g/mol. The minimum absolute atomic E-state index is 0.0994. The summed E-state index contributed by atoms with van der Waals surface area (Å²) in [5.41, 5.74) is 1.62. The topological polar surface area (TPSA) is 49.0 Å². The van der Waals surface area contributed by atoms with Crippen LogP contribution in [0.3, 0.4) is 0 Å². The molecule has 1 aromatic carbocycles. The fourth-order valence-corrected chi connectivity index (χ4v) is 3.19. The van der Waals surface area contributed by atoms with Crippen LogP contribution in [-0.4, -0.2) is 28.0 Å². The maximum Gasteiger partial charge on any atom is 0.254 e. The largest absolute Gasteiger partial charge is 0.310 e. The van der Waals surface area contributed by atoms with Crippen molar-refractivity contribution in [2.45, 2.75) is 39.2 Å². The van der Waals surface area contributed by atoms with Crippen LogP contribution in [0.25, 0.3) is 0 Å². The van der Waals surface area contributed by atoms with Crippen LogP contribution in [0.15, 0.2) is 23.0 Å². The van der Waals surface area contributed by atoms with Crippen molar-refractivity contribution in [1.82, 2.24) is 14.9 Å². The van der Waals surface area contributed by atoms with Crippen molar-refractivity contribution in [3.8, 4) is 0 Å². The maximum atomic E-state index is 13.9. The lowest BCUT2D eigenvalue weighted by Crippen LogP contribution is -2.35. The van der Waals surface area contributed by atoms with E-state index in [0.717, 1.165) is 31.1 Å². The Morgan fingerprint density at radius 3 is 2.88 bits per heavy atom. The first-order valence-electron chi connectivity index (χ1n) is 8.18. The molecule has 0 amide bonds. The first-order valence-corrected chi connectivity index (χ1v) is 8.18. The monoisotopic (exact) mass is 333 g/mol. The molecule has 1 atom stereocenters. The van der Waals surface area contributed by atoms with Crippen LogP contribution in [0.4, 0.5) is 8.78 Å². The maximum absolute atomic E-state index is 13.9. The molecule has 128 valence electrons. The summed E-state index contributed by atoms with van der Waals surface area (Å²) in [6.07, 6.45) is 1.85. The lowest BCUT2D eigenvalue weighted by atomic mass is 9.96. The second kappa shape index (κ2) is 6.81. The van der Waals surface area contributed by atoms with Gasteiger partial charge in [0.15, 0.2) is 11.6 Å². The van der Waals surface area contributed by atoms with Crippen LogP contribution in [0.1, 0.15) is 41.4 Å². The molecule has 3 rings (SSSR count). The van der Waals surface area contributed by atoms with Gasteiger partial charge in [0.2, 0.25) is 0 Å². The summed E-state index contributed by atoms with van der Waals surface area (Å²) < 4.78 is 27.2. The number of aromatic amines is 1. The van der Waals surface area contributed by atoms with Crippen molar-refractivity contribution < 1.29 is 8.78 Å². The van der Waals surface area contributed by atoms with E-state index in [2.05, 4.69) is 14.9 Å². The van der Waals surface area contributed by atoms with Gasteiger partial charge in [-0.2, -0.15) is 0 Å². The quantitative estimate of drug-likeness (QED) is 0.939. The summed E-state index contributed by atoms with van der Waals surface area (Å²) in [6.45, 7) is 5.43. The number of H-pyrrole nitrogens is 1. The molecular formula is C18H21F2N3O. The van der Waals surface area contributed by atoms with Crippen LogP contribution in [0.5, 0.6) is 0 Å². The molecule has 6 heteroatoms. The Morgan fingerprint density at radius 1 is 1.33 bits per heavy atom. The molecule has 0 radical (unpaired) electrons. The van der Waals surface area contributed by atoms with Gasteiger partial charge in [0.05, 0.1) is 0 Å². The normalized spacial score (nSPS) is 18.8. The number of hydrogen-bond acceptors (Lipinski definition) is 3. The second-order valence-corrected chi connectivity index (χ2v) is 6.45. The first-order chi connectivity index (χ1) is 11.5. The molecule has 1 aromatic heterocycles. The molecule has 1 aliphatic heterocycles. The Bertz CT molecular complexity index is 803. The highest BCUT2D eigenvalue weighted by atomic mass is 19.2. The summed E-state index contributed by atoms with van der Waals surface area (Å²) in [6, 6.07) is 4.26. The molecule has 0 spiro atoms. The van der Waals surface area contributed by atoms with Crippen molar-refractivity contribution in [3.63, 3.8) is 0 Å². The standard InChI is InChI=1S/C18H21F2N3O/c1-11-12(2)21-17(22-18(11)24)14-6-4-8-23(10-14)9-13-5-3-7-15(19)16(13)20/h3,5,7,14H,4,6,8-10H2,1-2H3,(H,21,22,24)/t14-/m1/s1. The number of benzene rings is 1. The SMILES string of the molecule is Cc1nc([C@@H]2CCCN(Cc3cccc(F)c3F)C2)[nH]c(=O)c1C. The van der Waals surface area contributed by atoms with Crippen LogP contribution in [0.2, 0.25) is 0 Å². The molecular weight excluding hydrogens is 312 g/mol. The van der Waals surface area contributed by atoms with Gasteiger partial charge in [-0.05, 0) is 39.3 Å². The Morgan fingerprint density at radius 2 is 2.12 bits per heavy atom. The lowest BCUT2D eigenvalue weighted by molar-refractivity contribution is 0.193. The van der Waals surface area contributed by atoms with Crippen molar-refractivity contribution in [3.05, 3.63) is 62.8 Å². The molecule has 0 aliphatic carbocycles. The highest BCUT2D eigenvalue weighted by Gasteiger charge is 2.24.